The second-order valence-corrected chi connectivity index (χ2v) is 6.79. The highest BCUT2D eigenvalue weighted by Gasteiger charge is 2.39. The minimum atomic E-state index is -0.787. The van der Waals surface area contributed by atoms with Gasteiger partial charge < -0.3 is 4.90 Å². The van der Waals surface area contributed by atoms with Crippen molar-refractivity contribution in [2.45, 2.75) is 52.4 Å². The second-order valence-electron chi connectivity index (χ2n) is 5.24. The summed E-state index contributed by atoms with van der Waals surface area (Å²) in [7, 11) is -0.787. The Morgan fingerprint density at radius 3 is 2.47 bits per heavy atom. The van der Waals surface area contributed by atoms with Gasteiger partial charge >= 0.3 is 0 Å². The third kappa shape index (κ3) is 3.52. The molecule has 17 heavy (non-hydrogen) atoms. The summed E-state index contributed by atoms with van der Waals surface area (Å²) in [5, 5.41) is 3.32. The third-order valence-electron chi connectivity index (χ3n) is 3.27. The van der Waals surface area contributed by atoms with Crippen molar-refractivity contribution in [1.82, 2.24) is 10.2 Å². The maximum absolute atomic E-state index is 12.1. The molecule has 1 N–H and O–H groups in total. The first-order chi connectivity index (χ1) is 7.84. The van der Waals surface area contributed by atoms with Gasteiger partial charge in [-0.25, -0.2) is 0 Å². The van der Waals surface area contributed by atoms with Crippen LogP contribution in [0.25, 0.3) is 0 Å². The van der Waals surface area contributed by atoms with E-state index < -0.39 is 10.8 Å². The Hall–Kier alpha value is -0.420. The molecule has 1 aliphatic rings. The minimum absolute atomic E-state index is 0.100. The van der Waals surface area contributed by atoms with Crippen molar-refractivity contribution in [3.05, 3.63) is 0 Å². The Bertz CT molecular complexity index is 307. The van der Waals surface area contributed by atoms with Crippen LogP contribution in [0.2, 0.25) is 0 Å². The van der Waals surface area contributed by atoms with Crippen LogP contribution in [0.15, 0.2) is 0 Å². The molecule has 0 radical (unpaired) electrons. The summed E-state index contributed by atoms with van der Waals surface area (Å²) in [6.45, 7) is 8.17. The lowest BCUT2D eigenvalue weighted by atomic mass is 10.1. The van der Waals surface area contributed by atoms with Crippen molar-refractivity contribution < 1.29 is 9.00 Å². The van der Waals surface area contributed by atoms with Gasteiger partial charge in [0.25, 0.3) is 0 Å². The van der Waals surface area contributed by atoms with E-state index in [4.69, 9.17) is 0 Å². The van der Waals surface area contributed by atoms with Gasteiger partial charge in [-0.1, -0.05) is 13.8 Å². The molecule has 1 heterocycles. The van der Waals surface area contributed by atoms with Crippen LogP contribution in [0.4, 0.5) is 0 Å². The number of rotatable bonds is 5. The topological polar surface area (TPSA) is 49.4 Å². The van der Waals surface area contributed by atoms with Gasteiger partial charge in [0.05, 0.1) is 12.2 Å². The lowest BCUT2D eigenvalue weighted by molar-refractivity contribution is -0.132. The van der Waals surface area contributed by atoms with E-state index in [2.05, 4.69) is 19.2 Å². The van der Waals surface area contributed by atoms with E-state index in [0.717, 1.165) is 6.42 Å². The fraction of sp³-hybridized carbons (Fsp3) is 0.917. The molecule has 1 amide bonds. The van der Waals surface area contributed by atoms with E-state index in [9.17, 15) is 9.00 Å². The molecular formula is C12H24N2O2S. The number of hydrogen-bond donors (Lipinski definition) is 1. The van der Waals surface area contributed by atoms with Gasteiger partial charge in [-0.05, 0) is 26.2 Å². The van der Waals surface area contributed by atoms with Gasteiger partial charge in [0.2, 0.25) is 5.91 Å². The molecule has 1 rings (SSSR count). The average Bonchev–Trinajstić information content (AvgIpc) is 2.52. The van der Waals surface area contributed by atoms with Gasteiger partial charge in [0.1, 0.15) is 0 Å². The molecule has 4 atom stereocenters. The van der Waals surface area contributed by atoms with E-state index in [1.54, 1.807) is 6.26 Å². The molecule has 100 valence electrons. The summed E-state index contributed by atoms with van der Waals surface area (Å²) >= 11 is 0. The van der Waals surface area contributed by atoms with Crippen molar-refractivity contribution in [3.8, 4) is 0 Å². The van der Waals surface area contributed by atoms with Gasteiger partial charge in [-0.3, -0.25) is 14.3 Å². The first kappa shape index (κ1) is 14.6. The number of carbonyl (C=O) groups excluding carboxylic acids is 1. The van der Waals surface area contributed by atoms with Crippen LogP contribution in [0.1, 0.15) is 34.1 Å². The van der Waals surface area contributed by atoms with Crippen molar-refractivity contribution in [2.75, 3.05) is 12.0 Å². The second kappa shape index (κ2) is 5.96. The maximum atomic E-state index is 12.1. The van der Waals surface area contributed by atoms with Gasteiger partial charge in [0, 0.05) is 28.9 Å². The van der Waals surface area contributed by atoms with Crippen molar-refractivity contribution >= 4 is 16.7 Å². The minimum Gasteiger partial charge on any atom is -0.323 e. The fourth-order valence-electron chi connectivity index (χ4n) is 2.25. The molecule has 4 nitrogen and oxygen atoms in total. The summed E-state index contributed by atoms with van der Waals surface area (Å²) in [6.07, 6.45) is 2.61. The van der Waals surface area contributed by atoms with Crippen LogP contribution in [0.5, 0.6) is 0 Å². The summed E-state index contributed by atoms with van der Waals surface area (Å²) in [5.41, 5.74) is 0. The zero-order chi connectivity index (χ0) is 13.2. The van der Waals surface area contributed by atoms with Crippen molar-refractivity contribution in [3.63, 3.8) is 0 Å². The van der Waals surface area contributed by atoms with E-state index in [1.807, 2.05) is 18.7 Å². The largest absolute Gasteiger partial charge is 0.323 e. The SMILES string of the molecule is CC1NC(C(C)C)N(C(C)CCS(C)=O)C1=O. The molecule has 1 aliphatic heterocycles. The van der Waals surface area contributed by atoms with Crippen LogP contribution in [-0.2, 0) is 15.6 Å². The number of carbonyl (C=O) groups is 1. The third-order valence-corrected chi connectivity index (χ3v) is 4.09. The fourth-order valence-corrected chi connectivity index (χ4v) is 2.92. The molecule has 5 heteroatoms. The molecule has 4 unspecified atom stereocenters. The Labute approximate surface area is 107 Å². The molecule has 0 spiro atoms. The van der Waals surface area contributed by atoms with Crippen LogP contribution >= 0.6 is 0 Å². The summed E-state index contributed by atoms with van der Waals surface area (Å²) < 4.78 is 11.1. The average molecular weight is 260 g/mol. The molecule has 0 aromatic carbocycles. The predicted octanol–water partition coefficient (Wildman–Crippen LogP) is 0.946. The highest BCUT2D eigenvalue weighted by atomic mass is 32.2. The number of amides is 1. The van der Waals surface area contributed by atoms with Crippen LogP contribution < -0.4 is 5.32 Å². The number of nitrogens with one attached hydrogen (secondary N) is 1. The molecule has 0 aliphatic carbocycles. The maximum Gasteiger partial charge on any atom is 0.240 e. The van der Waals surface area contributed by atoms with E-state index in [1.165, 1.54) is 0 Å². The predicted molar refractivity (Wildman–Crippen MR) is 71.1 cm³/mol. The first-order valence-corrected chi connectivity index (χ1v) is 7.95. The monoisotopic (exact) mass is 260 g/mol. The van der Waals surface area contributed by atoms with Crippen molar-refractivity contribution in [1.29, 1.82) is 0 Å². The Morgan fingerprint density at radius 1 is 1.41 bits per heavy atom. The van der Waals surface area contributed by atoms with E-state index in [0.29, 0.717) is 11.7 Å². The normalized spacial score (nSPS) is 28.8. The summed E-state index contributed by atoms with van der Waals surface area (Å²) in [4.78, 5) is 14.0. The Morgan fingerprint density at radius 2 is 2.00 bits per heavy atom. The van der Waals surface area contributed by atoms with E-state index >= 15 is 0 Å². The molecule has 0 aromatic rings. The lowest BCUT2D eigenvalue weighted by Gasteiger charge is -2.32. The van der Waals surface area contributed by atoms with Crippen LogP contribution in [0.3, 0.4) is 0 Å². The number of nitrogens with zero attached hydrogens (tertiary/aromatic N) is 1. The summed E-state index contributed by atoms with van der Waals surface area (Å²) in [6, 6.07) is 0.0493. The van der Waals surface area contributed by atoms with Crippen LogP contribution in [0, 0.1) is 5.92 Å². The standard InChI is InChI=1S/C12H24N2O2S/c1-8(2)11-13-10(4)12(15)14(11)9(3)6-7-17(5)16/h8-11,13H,6-7H2,1-5H3. The zero-order valence-corrected chi connectivity index (χ0v) is 12.2. The van der Waals surface area contributed by atoms with Gasteiger partial charge in [-0.15, -0.1) is 0 Å². The molecule has 1 fully saturated rings. The van der Waals surface area contributed by atoms with Gasteiger partial charge in [0.15, 0.2) is 0 Å². The highest BCUT2D eigenvalue weighted by Crippen LogP contribution is 2.21. The highest BCUT2D eigenvalue weighted by molar-refractivity contribution is 7.84. The zero-order valence-electron chi connectivity index (χ0n) is 11.4. The van der Waals surface area contributed by atoms with Crippen LogP contribution in [-0.4, -0.2) is 45.3 Å². The Balaban J connectivity index is 2.70. The molecule has 0 bridgehead atoms. The molecular weight excluding hydrogens is 236 g/mol. The summed E-state index contributed by atoms with van der Waals surface area (Å²) in [5.74, 6) is 1.21. The van der Waals surface area contributed by atoms with E-state index in [-0.39, 0.29) is 24.2 Å². The smallest absolute Gasteiger partial charge is 0.240 e. The van der Waals surface area contributed by atoms with Gasteiger partial charge in [-0.2, -0.15) is 0 Å². The molecule has 0 aromatic heterocycles. The molecule has 1 saturated heterocycles. The number of hydrogen-bond acceptors (Lipinski definition) is 3. The quantitative estimate of drug-likeness (QED) is 0.800. The van der Waals surface area contributed by atoms with Crippen molar-refractivity contribution in [2.24, 2.45) is 5.92 Å². The first-order valence-electron chi connectivity index (χ1n) is 6.22. The Kier molecular flexibility index (Phi) is 5.13. The lowest BCUT2D eigenvalue weighted by Crippen LogP contribution is -2.46. The molecule has 0 saturated carbocycles.